The fourth-order valence-corrected chi connectivity index (χ4v) is 12.4. The Hall–Kier alpha value is -6.81. The first kappa shape index (κ1) is 48.8. The monoisotopic (exact) mass is 969 g/mol. The first-order valence-corrected chi connectivity index (χ1v) is 27.0. The van der Waals surface area contributed by atoms with Crippen LogP contribution in [0.15, 0.2) is 170 Å². The van der Waals surface area contributed by atoms with Gasteiger partial charge in [-0.15, -0.1) is 0 Å². The van der Waals surface area contributed by atoms with E-state index in [9.17, 15) is 0 Å². The first-order valence-electron chi connectivity index (χ1n) is 25.4. The second-order valence-corrected chi connectivity index (χ2v) is 26.0. The van der Waals surface area contributed by atoms with Gasteiger partial charge < -0.3 is 18.6 Å². The molecule has 0 amide bonds. The number of benzene rings is 8. The minimum atomic E-state index is -4.00. The van der Waals surface area contributed by atoms with Gasteiger partial charge in [0, 0.05) is 22.7 Å². The molecule has 0 saturated heterocycles. The molecule has 1 aliphatic rings. The van der Waals surface area contributed by atoms with Gasteiger partial charge in [0.1, 0.15) is 36.0 Å². The van der Waals surface area contributed by atoms with Crippen molar-refractivity contribution >= 4 is 39.8 Å². The molecule has 366 valence electrons. The molecular formula is C66H68NO4P. The van der Waals surface area contributed by atoms with Crippen molar-refractivity contribution < 1.29 is 18.6 Å². The van der Waals surface area contributed by atoms with Gasteiger partial charge in [-0.2, -0.15) is 0 Å². The van der Waals surface area contributed by atoms with Crippen LogP contribution in [0.25, 0.3) is 49.7 Å². The number of aromatic nitrogens is 1. The van der Waals surface area contributed by atoms with E-state index in [2.05, 4.69) is 203 Å². The molecule has 0 fully saturated rings. The number of nitrogens with zero attached hydrogens (tertiary/aromatic N) is 1. The smallest absolute Gasteiger partial charge is 0.311 e. The molecule has 0 aliphatic carbocycles. The van der Waals surface area contributed by atoms with Crippen molar-refractivity contribution in [3.63, 3.8) is 0 Å². The number of rotatable bonds is 9. The van der Waals surface area contributed by atoms with Gasteiger partial charge in [-0.3, -0.25) is 4.57 Å². The highest BCUT2D eigenvalue weighted by molar-refractivity contribution is 7.75. The Bertz CT molecular complexity index is 3520. The summed E-state index contributed by atoms with van der Waals surface area (Å²) in [5, 5.41) is 2.81. The van der Waals surface area contributed by atoms with E-state index in [1.165, 1.54) is 22.3 Å². The van der Waals surface area contributed by atoms with Gasteiger partial charge in [-0.1, -0.05) is 210 Å². The van der Waals surface area contributed by atoms with Crippen molar-refractivity contribution in [3.05, 3.63) is 203 Å². The number of hydrogen-bond donors (Lipinski definition) is 0. The van der Waals surface area contributed by atoms with Crippen LogP contribution >= 0.6 is 7.37 Å². The first-order chi connectivity index (χ1) is 34.1. The van der Waals surface area contributed by atoms with E-state index in [4.69, 9.17) is 14.0 Å². The maximum atomic E-state index is 16.8. The zero-order valence-electron chi connectivity index (χ0n) is 44.1. The lowest BCUT2D eigenvalue weighted by atomic mass is 9.86. The fraction of sp³-hybridized carbons (Fsp3) is 0.273. The van der Waals surface area contributed by atoms with Crippen molar-refractivity contribution in [3.8, 4) is 45.2 Å². The van der Waals surface area contributed by atoms with E-state index in [1.807, 2.05) is 54.6 Å². The van der Waals surface area contributed by atoms with Crippen LogP contribution in [0.2, 0.25) is 0 Å². The predicted molar refractivity (Wildman–Crippen MR) is 302 cm³/mol. The molecule has 0 radical (unpaired) electrons. The summed E-state index contributed by atoms with van der Waals surface area (Å²) in [4.78, 5) is 0. The van der Waals surface area contributed by atoms with Crippen LogP contribution in [0, 0.1) is 0 Å². The van der Waals surface area contributed by atoms with Crippen molar-refractivity contribution in [2.24, 2.45) is 0 Å². The third-order valence-corrected chi connectivity index (χ3v) is 16.8. The van der Waals surface area contributed by atoms with Crippen LogP contribution in [-0.4, -0.2) is 4.57 Å². The van der Waals surface area contributed by atoms with Crippen molar-refractivity contribution in [2.45, 2.75) is 118 Å². The number of ether oxygens (including phenoxy) is 2. The van der Waals surface area contributed by atoms with Crippen LogP contribution in [0.1, 0.15) is 116 Å². The third kappa shape index (κ3) is 9.18. The van der Waals surface area contributed by atoms with E-state index in [1.54, 1.807) is 0 Å². The Morgan fingerprint density at radius 1 is 0.472 bits per heavy atom. The largest absolute Gasteiger partial charge is 0.487 e. The molecule has 0 spiro atoms. The molecule has 5 nitrogen and oxygen atoms in total. The molecule has 10 rings (SSSR count). The van der Waals surface area contributed by atoms with Gasteiger partial charge in [-0.05, 0) is 108 Å². The summed E-state index contributed by atoms with van der Waals surface area (Å²) in [6, 6.07) is 59.6. The van der Waals surface area contributed by atoms with Crippen molar-refractivity contribution in [2.75, 3.05) is 0 Å². The number of hydrogen-bond acceptors (Lipinski definition) is 4. The number of para-hydroxylation sites is 1. The molecule has 72 heavy (non-hydrogen) atoms. The van der Waals surface area contributed by atoms with Gasteiger partial charge in [-0.25, -0.2) is 0 Å². The average Bonchev–Trinajstić information content (AvgIpc) is 3.69. The van der Waals surface area contributed by atoms with E-state index in [0.717, 1.165) is 60.9 Å². The van der Waals surface area contributed by atoms with Gasteiger partial charge >= 0.3 is 7.37 Å². The SMILES string of the molecule is CC(C)(C)c1ccc(COc2c(P3(=O)Oc4ccccc4-c4ccccc43)cc(OCc3ccc(C(C)(C)C)cc3)c3c2c2cc(-c4ccc(C(C)(C)C)cc4)ccc2n3-c2ccc(C(C)(C)C)cc2)cc1. The second kappa shape index (κ2) is 18.0. The van der Waals surface area contributed by atoms with Crippen LogP contribution < -0.4 is 24.6 Å². The van der Waals surface area contributed by atoms with E-state index in [-0.39, 0.29) is 34.9 Å². The normalized spacial score (nSPS) is 15.0. The summed E-state index contributed by atoms with van der Waals surface area (Å²) in [5.41, 5.74) is 13.7. The van der Waals surface area contributed by atoms with Crippen molar-refractivity contribution in [1.82, 2.24) is 4.57 Å². The Kier molecular flexibility index (Phi) is 12.2. The highest BCUT2D eigenvalue weighted by Gasteiger charge is 2.42. The van der Waals surface area contributed by atoms with Crippen LogP contribution in [0.5, 0.6) is 17.2 Å². The quantitative estimate of drug-likeness (QED) is 0.135. The van der Waals surface area contributed by atoms with Gasteiger partial charge in [0.2, 0.25) is 0 Å². The molecular weight excluding hydrogens is 902 g/mol. The molecule has 0 bridgehead atoms. The summed E-state index contributed by atoms with van der Waals surface area (Å²) >= 11 is 0. The zero-order valence-corrected chi connectivity index (χ0v) is 45.0. The van der Waals surface area contributed by atoms with Crippen LogP contribution in [-0.2, 0) is 39.4 Å². The van der Waals surface area contributed by atoms with Crippen LogP contribution in [0.3, 0.4) is 0 Å². The lowest BCUT2D eigenvalue weighted by Crippen LogP contribution is -2.27. The Labute approximate surface area is 427 Å². The van der Waals surface area contributed by atoms with Crippen LogP contribution in [0.4, 0.5) is 0 Å². The summed E-state index contributed by atoms with van der Waals surface area (Å²) in [6.45, 7) is 27.3. The molecule has 9 aromatic rings. The molecule has 8 aromatic carbocycles. The molecule has 6 heteroatoms. The maximum absolute atomic E-state index is 16.8. The maximum Gasteiger partial charge on any atom is 0.311 e. The van der Waals surface area contributed by atoms with E-state index >= 15 is 4.57 Å². The molecule has 1 unspecified atom stereocenters. The Balaban J connectivity index is 1.29. The molecule has 0 saturated carbocycles. The highest BCUT2D eigenvalue weighted by Crippen LogP contribution is 2.58. The Morgan fingerprint density at radius 2 is 0.944 bits per heavy atom. The fourth-order valence-electron chi connectivity index (χ4n) is 9.95. The summed E-state index contributed by atoms with van der Waals surface area (Å²) in [6.07, 6.45) is 0. The summed E-state index contributed by atoms with van der Waals surface area (Å²) in [7, 11) is -4.00. The molecule has 0 N–H and O–H groups in total. The Morgan fingerprint density at radius 3 is 1.50 bits per heavy atom. The summed E-state index contributed by atoms with van der Waals surface area (Å²) in [5.74, 6) is 1.64. The third-order valence-electron chi connectivity index (χ3n) is 14.4. The lowest BCUT2D eigenvalue weighted by Gasteiger charge is -2.30. The molecule has 1 aromatic heterocycles. The van der Waals surface area contributed by atoms with Crippen molar-refractivity contribution in [1.29, 1.82) is 0 Å². The van der Waals surface area contributed by atoms with E-state index in [0.29, 0.717) is 27.9 Å². The highest BCUT2D eigenvalue weighted by atomic mass is 31.2. The average molecular weight is 970 g/mol. The van der Waals surface area contributed by atoms with Gasteiger partial charge in [0.25, 0.3) is 0 Å². The lowest BCUT2D eigenvalue weighted by molar-refractivity contribution is 0.304. The topological polar surface area (TPSA) is 49.7 Å². The second-order valence-electron chi connectivity index (χ2n) is 23.8. The summed E-state index contributed by atoms with van der Waals surface area (Å²) < 4.78 is 40.6. The van der Waals surface area contributed by atoms with E-state index < -0.39 is 7.37 Å². The van der Waals surface area contributed by atoms with Gasteiger partial charge in [0.15, 0.2) is 0 Å². The van der Waals surface area contributed by atoms with Gasteiger partial charge in [0.05, 0.1) is 21.5 Å². The molecule has 1 aliphatic heterocycles. The molecule has 1 atom stereocenters. The standard InChI is InChI=1S/C66H68NO4P/c1-63(2,3)47-28-21-43(22-29-47)41-69-57-40-59(72(68)58-20-16-14-18-53(58)52-17-13-15-19-56(52)71-72)62(70-42-44-23-30-48(31-24-44)64(4,5)6)60-54-39-46(45-25-32-49(33-26-45)65(7,8)9)27-38-55(54)67(61(57)60)51-36-34-50(35-37-51)66(10,11)12/h13-40H,41-42H2,1-12H3. The predicted octanol–water partition coefficient (Wildman–Crippen LogP) is 17.1. The zero-order chi connectivity index (χ0) is 51.0. The number of fused-ring (bicyclic) bond motifs is 6. The minimum absolute atomic E-state index is 0.00290. The minimum Gasteiger partial charge on any atom is -0.487 e. The molecule has 2 heterocycles.